The molecular weight excluding hydrogens is 356 g/mol. The highest BCUT2D eigenvalue weighted by molar-refractivity contribution is 5.95. The van der Waals surface area contributed by atoms with Crippen LogP contribution >= 0.6 is 0 Å². The molecule has 2 aromatic carbocycles. The fourth-order valence-corrected chi connectivity index (χ4v) is 2.96. The minimum absolute atomic E-state index is 0.202. The lowest BCUT2D eigenvalue weighted by Crippen LogP contribution is -2.23. The molecule has 0 bridgehead atoms. The first-order valence-corrected chi connectivity index (χ1v) is 9.44. The molecule has 0 unspecified atom stereocenters. The molecule has 0 atom stereocenters. The number of benzene rings is 2. The van der Waals surface area contributed by atoms with Gasteiger partial charge in [-0.05, 0) is 36.3 Å². The van der Waals surface area contributed by atoms with E-state index >= 15 is 0 Å². The summed E-state index contributed by atoms with van der Waals surface area (Å²) in [5, 5.41) is 2.94. The van der Waals surface area contributed by atoms with Gasteiger partial charge in [0.1, 0.15) is 0 Å². The second-order valence-corrected chi connectivity index (χ2v) is 6.37. The molecule has 0 aliphatic carbocycles. The fraction of sp³-hybridized carbons (Fsp3) is 0.409. The predicted octanol–water partition coefficient (Wildman–Crippen LogP) is 3.48. The van der Waals surface area contributed by atoms with Crippen molar-refractivity contribution in [2.45, 2.75) is 26.9 Å². The van der Waals surface area contributed by atoms with Crippen LogP contribution in [0.4, 0.5) is 0 Å². The van der Waals surface area contributed by atoms with Crippen LogP contribution in [0.5, 0.6) is 17.2 Å². The molecule has 1 N–H and O–H groups in total. The molecule has 6 nitrogen and oxygen atoms in total. The molecule has 6 heteroatoms. The number of hydrogen-bond donors (Lipinski definition) is 1. The standard InChI is InChI=1S/C22H30N2O4/c1-6-24(7-2)15-17-10-8-16(9-11-17)14-23-22(25)18-12-19(26-3)21(28-5)20(13-18)27-4/h8-13H,6-7,14-15H2,1-5H3,(H,23,25). The Morgan fingerprint density at radius 3 is 1.89 bits per heavy atom. The maximum atomic E-state index is 12.6. The summed E-state index contributed by atoms with van der Waals surface area (Å²) in [6.45, 7) is 7.77. The Labute approximate surface area is 167 Å². The molecule has 152 valence electrons. The SMILES string of the molecule is CCN(CC)Cc1ccc(CNC(=O)c2cc(OC)c(OC)c(OC)c2)cc1. The highest BCUT2D eigenvalue weighted by Gasteiger charge is 2.16. The number of nitrogens with zero attached hydrogens (tertiary/aromatic N) is 1. The summed E-state index contributed by atoms with van der Waals surface area (Å²) in [5.41, 5.74) is 2.76. The summed E-state index contributed by atoms with van der Waals surface area (Å²) in [7, 11) is 4.58. The third kappa shape index (κ3) is 5.39. The topological polar surface area (TPSA) is 60.0 Å². The molecule has 0 spiro atoms. The molecule has 0 aromatic heterocycles. The van der Waals surface area contributed by atoms with Crippen molar-refractivity contribution < 1.29 is 19.0 Å². The summed E-state index contributed by atoms with van der Waals surface area (Å²) >= 11 is 0. The second kappa shape index (κ2) is 10.6. The van der Waals surface area contributed by atoms with Gasteiger partial charge in [0, 0.05) is 18.7 Å². The zero-order valence-electron chi connectivity index (χ0n) is 17.4. The van der Waals surface area contributed by atoms with Gasteiger partial charge in [0.15, 0.2) is 11.5 Å². The molecule has 2 rings (SSSR count). The van der Waals surface area contributed by atoms with Crippen LogP contribution < -0.4 is 19.5 Å². The molecule has 0 saturated heterocycles. The van der Waals surface area contributed by atoms with E-state index in [-0.39, 0.29) is 5.91 Å². The van der Waals surface area contributed by atoms with Crippen molar-refractivity contribution in [2.24, 2.45) is 0 Å². The Morgan fingerprint density at radius 1 is 0.893 bits per heavy atom. The zero-order chi connectivity index (χ0) is 20.5. The van der Waals surface area contributed by atoms with Crippen molar-refractivity contribution in [3.63, 3.8) is 0 Å². The average molecular weight is 386 g/mol. The van der Waals surface area contributed by atoms with Crippen molar-refractivity contribution in [2.75, 3.05) is 34.4 Å². The van der Waals surface area contributed by atoms with Crippen LogP contribution in [0, 0.1) is 0 Å². The largest absolute Gasteiger partial charge is 0.493 e. The van der Waals surface area contributed by atoms with Gasteiger partial charge >= 0.3 is 0 Å². The Hall–Kier alpha value is -2.73. The van der Waals surface area contributed by atoms with Crippen LogP contribution in [0.15, 0.2) is 36.4 Å². The van der Waals surface area contributed by atoms with Gasteiger partial charge in [0.2, 0.25) is 5.75 Å². The Bertz CT molecular complexity index is 746. The maximum Gasteiger partial charge on any atom is 0.251 e. The Kier molecular flexibility index (Phi) is 8.14. The van der Waals surface area contributed by atoms with Crippen molar-refractivity contribution in [1.82, 2.24) is 10.2 Å². The van der Waals surface area contributed by atoms with E-state index in [0.29, 0.717) is 29.4 Å². The monoisotopic (exact) mass is 386 g/mol. The lowest BCUT2D eigenvalue weighted by molar-refractivity contribution is 0.0950. The summed E-state index contributed by atoms with van der Waals surface area (Å²) in [6, 6.07) is 11.6. The van der Waals surface area contributed by atoms with Crippen LogP contribution in [-0.4, -0.2) is 45.2 Å². The van der Waals surface area contributed by atoms with Crippen LogP contribution in [0.2, 0.25) is 0 Å². The van der Waals surface area contributed by atoms with Gasteiger partial charge in [-0.3, -0.25) is 9.69 Å². The van der Waals surface area contributed by atoms with Gasteiger partial charge in [-0.1, -0.05) is 38.1 Å². The highest BCUT2D eigenvalue weighted by Crippen LogP contribution is 2.38. The third-order valence-electron chi connectivity index (χ3n) is 4.70. The first-order valence-electron chi connectivity index (χ1n) is 9.44. The molecule has 1 amide bonds. The zero-order valence-corrected chi connectivity index (χ0v) is 17.4. The van der Waals surface area contributed by atoms with Gasteiger partial charge in [-0.25, -0.2) is 0 Å². The van der Waals surface area contributed by atoms with Gasteiger partial charge in [0.25, 0.3) is 5.91 Å². The molecule has 28 heavy (non-hydrogen) atoms. The third-order valence-corrected chi connectivity index (χ3v) is 4.70. The van der Waals surface area contributed by atoms with E-state index in [1.165, 1.54) is 26.9 Å². The molecule has 0 aliphatic rings. The smallest absolute Gasteiger partial charge is 0.251 e. The summed E-state index contributed by atoms with van der Waals surface area (Å²) < 4.78 is 15.9. The summed E-state index contributed by atoms with van der Waals surface area (Å²) in [5.74, 6) is 1.16. The first-order chi connectivity index (χ1) is 13.6. The lowest BCUT2D eigenvalue weighted by Gasteiger charge is -2.18. The Balaban J connectivity index is 2.04. The van der Waals surface area contributed by atoms with Gasteiger partial charge in [-0.15, -0.1) is 0 Å². The molecule has 0 saturated carbocycles. The highest BCUT2D eigenvalue weighted by atomic mass is 16.5. The molecule has 0 radical (unpaired) electrons. The number of methoxy groups -OCH3 is 3. The van der Waals surface area contributed by atoms with E-state index in [1.54, 1.807) is 12.1 Å². The fourth-order valence-electron chi connectivity index (χ4n) is 2.96. The van der Waals surface area contributed by atoms with E-state index in [9.17, 15) is 4.79 Å². The minimum atomic E-state index is -0.202. The maximum absolute atomic E-state index is 12.6. The number of rotatable bonds is 10. The molecule has 0 heterocycles. The minimum Gasteiger partial charge on any atom is -0.493 e. The van der Waals surface area contributed by atoms with Crippen molar-refractivity contribution in [3.05, 3.63) is 53.1 Å². The van der Waals surface area contributed by atoms with Crippen LogP contribution in [0.3, 0.4) is 0 Å². The normalized spacial score (nSPS) is 10.6. The molecule has 0 fully saturated rings. The van der Waals surface area contributed by atoms with E-state index < -0.39 is 0 Å². The summed E-state index contributed by atoms with van der Waals surface area (Å²) in [4.78, 5) is 14.9. The quantitative estimate of drug-likeness (QED) is 0.677. The molecule has 2 aromatic rings. The summed E-state index contributed by atoms with van der Waals surface area (Å²) in [6.07, 6.45) is 0. The van der Waals surface area contributed by atoms with Gasteiger partial charge in [-0.2, -0.15) is 0 Å². The van der Waals surface area contributed by atoms with Crippen molar-refractivity contribution in [3.8, 4) is 17.2 Å². The first kappa shape index (κ1) is 21.6. The number of carbonyl (C=O) groups is 1. The number of ether oxygens (including phenoxy) is 3. The Morgan fingerprint density at radius 2 is 1.43 bits per heavy atom. The number of hydrogen-bond acceptors (Lipinski definition) is 5. The van der Waals surface area contributed by atoms with Crippen molar-refractivity contribution >= 4 is 5.91 Å². The van der Waals surface area contributed by atoms with E-state index in [0.717, 1.165) is 25.2 Å². The average Bonchev–Trinajstić information content (AvgIpc) is 2.75. The lowest BCUT2D eigenvalue weighted by atomic mass is 10.1. The predicted molar refractivity (Wildman–Crippen MR) is 110 cm³/mol. The molecular formula is C22H30N2O4. The van der Waals surface area contributed by atoms with Crippen LogP contribution in [-0.2, 0) is 13.1 Å². The van der Waals surface area contributed by atoms with Gasteiger partial charge in [0.05, 0.1) is 21.3 Å². The van der Waals surface area contributed by atoms with Crippen molar-refractivity contribution in [1.29, 1.82) is 0 Å². The number of amides is 1. The molecule has 0 aliphatic heterocycles. The van der Waals surface area contributed by atoms with Gasteiger partial charge < -0.3 is 19.5 Å². The second-order valence-electron chi connectivity index (χ2n) is 6.37. The van der Waals surface area contributed by atoms with Crippen LogP contribution in [0.1, 0.15) is 35.3 Å². The number of carbonyl (C=O) groups excluding carboxylic acids is 1. The number of nitrogens with one attached hydrogen (secondary N) is 1. The van der Waals surface area contributed by atoms with E-state index in [2.05, 4.69) is 36.2 Å². The van der Waals surface area contributed by atoms with E-state index in [4.69, 9.17) is 14.2 Å². The van der Waals surface area contributed by atoms with E-state index in [1.807, 2.05) is 12.1 Å². The van der Waals surface area contributed by atoms with Crippen LogP contribution in [0.25, 0.3) is 0 Å².